The Balaban J connectivity index is 5.08. The highest BCUT2D eigenvalue weighted by molar-refractivity contribution is 5.87. The van der Waals surface area contributed by atoms with Gasteiger partial charge in [0.15, 0.2) is 0 Å². The molecule has 20 heavy (non-hydrogen) atoms. The van der Waals surface area contributed by atoms with Gasteiger partial charge in [0, 0.05) is 12.0 Å². The van der Waals surface area contributed by atoms with E-state index in [0.29, 0.717) is 0 Å². The summed E-state index contributed by atoms with van der Waals surface area (Å²) in [4.78, 5) is 11.0. The van der Waals surface area contributed by atoms with Crippen LogP contribution in [0.5, 0.6) is 0 Å². The van der Waals surface area contributed by atoms with Gasteiger partial charge in [-0.05, 0) is 12.8 Å². The van der Waals surface area contributed by atoms with E-state index in [4.69, 9.17) is 0 Å². The molecule has 0 fully saturated rings. The maximum atomic E-state index is 13.1. The molecule has 0 rings (SSSR count). The van der Waals surface area contributed by atoms with Gasteiger partial charge >= 0.3 is 24.0 Å². The molecular formula is C11H13F7O2. The first-order valence-electron chi connectivity index (χ1n) is 5.35. The highest BCUT2D eigenvalue weighted by Gasteiger charge is 2.72. The number of ether oxygens (including phenoxy) is 1. The summed E-state index contributed by atoms with van der Waals surface area (Å²) in [5.41, 5.74) is -0.161. The summed E-state index contributed by atoms with van der Waals surface area (Å²) in [5.74, 6) is -13.7. The summed E-state index contributed by atoms with van der Waals surface area (Å²) in [7, 11) is 1.01. The number of carbonyl (C=O) groups excluding carboxylic acids is 1. The van der Waals surface area contributed by atoms with Gasteiger partial charge in [-0.2, -0.15) is 30.7 Å². The molecule has 0 N–H and O–H groups in total. The van der Waals surface area contributed by atoms with Crippen LogP contribution in [-0.4, -0.2) is 31.1 Å². The summed E-state index contributed by atoms with van der Waals surface area (Å²) < 4.78 is 91.4. The second-order valence-corrected chi connectivity index (χ2v) is 4.30. The Morgan fingerprint density at radius 2 is 1.60 bits per heavy atom. The molecule has 0 spiro atoms. The standard InChI is InChI=1S/C11H13F7O2/c1-6(4-7(2)8(19)20-3)5-9(12,13)10(14,15)11(16,17)18/h4,6H,5H2,1-3H3/b7-4+. The van der Waals surface area contributed by atoms with Crippen LogP contribution in [0.4, 0.5) is 30.7 Å². The SMILES string of the molecule is COC(=O)/C(C)=C/C(C)CC(F)(F)C(F)(F)C(F)(F)F. The minimum absolute atomic E-state index is 0.161. The first kappa shape index (κ1) is 18.7. The normalized spacial score (nSPS) is 16.0. The molecule has 0 radical (unpaired) electrons. The molecule has 0 aliphatic rings. The highest BCUT2D eigenvalue weighted by Crippen LogP contribution is 2.49. The monoisotopic (exact) mass is 310 g/mol. The third kappa shape index (κ3) is 4.11. The maximum absolute atomic E-state index is 13.1. The highest BCUT2D eigenvalue weighted by atomic mass is 19.4. The predicted molar refractivity (Wildman–Crippen MR) is 55.5 cm³/mol. The van der Waals surface area contributed by atoms with Gasteiger partial charge in [-0.15, -0.1) is 0 Å². The van der Waals surface area contributed by atoms with E-state index in [1.807, 2.05) is 0 Å². The van der Waals surface area contributed by atoms with Crippen molar-refractivity contribution in [1.82, 2.24) is 0 Å². The summed E-state index contributed by atoms with van der Waals surface area (Å²) >= 11 is 0. The Morgan fingerprint density at radius 3 is 1.95 bits per heavy atom. The lowest BCUT2D eigenvalue weighted by atomic mass is 9.96. The van der Waals surface area contributed by atoms with E-state index < -0.39 is 36.3 Å². The molecule has 0 aromatic heterocycles. The summed E-state index contributed by atoms with van der Waals surface area (Å²) in [5, 5.41) is 0. The molecular weight excluding hydrogens is 297 g/mol. The summed E-state index contributed by atoms with van der Waals surface area (Å²) in [6.07, 6.45) is -7.25. The van der Waals surface area contributed by atoms with Gasteiger partial charge in [0.25, 0.3) is 0 Å². The second kappa shape index (κ2) is 6.01. The van der Waals surface area contributed by atoms with E-state index in [1.165, 1.54) is 6.92 Å². The topological polar surface area (TPSA) is 26.3 Å². The molecule has 1 atom stereocenters. The lowest BCUT2D eigenvalue weighted by molar-refractivity contribution is -0.356. The first-order valence-corrected chi connectivity index (χ1v) is 5.35. The van der Waals surface area contributed by atoms with Gasteiger partial charge < -0.3 is 4.74 Å². The van der Waals surface area contributed by atoms with E-state index in [9.17, 15) is 35.5 Å². The number of allylic oxidation sites excluding steroid dienone is 1. The number of halogens is 7. The van der Waals surface area contributed by atoms with Gasteiger partial charge in [-0.1, -0.05) is 13.0 Å². The number of hydrogen-bond donors (Lipinski definition) is 0. The van der Waals surface area contributed by atoms with Crippen molar-refractivity contribution in [2.24, 2.45) is 5.92 Å². The van der Waals surface area contributed by atoms with Gasteiger partial charge in [-0.25, -0.2) is 4.79 Å². The van der Waals surface area contributed by atoms with Crippen LogP contribution in [0.25, 0.3) is 0 Å². The van der Waals surface area contributed by atoms with Crippen LogP contribution in [0, 0.1) is 5.92 Å². The molecule has 0 aromatic rings. The summed E-state index contributed by atoms with van der Waals surface area (Å²) in [6.45, 7) is 2.16. The van der Waals surface area contributed by atoms with Crippen molar-refractivity contribution < 1.29 is 40.3 Å². The molecule has 0 bridgehead atoms. The third-order valence-corrected chi connectivity index (χ3v) is 2.44. The quantitative estimate of drug-likeness (QED) is 0.436. The predicted octanol–water partition coefficient (Wildman–Crippen LogP) is 3.96. The fraction of sp³-hybridized carbons (Fsp3) is 0.727. The number of alkyl halides is 7. The zero-order chi connectivity index (χ0) is 16.4. The van der Waals surface area contributed by atoms with Gasteiger partial charge in [0.2, 0.25) is 0 Å². The first-order chi connectivity index (χ1) is 8.76. The van der Waals surface area contributed by atoms with Crippen molar-refractivity contribution >= 4 is 5.97 Å². The Bertz CT molecular complexity index is 385. The van der Waals surface area contributed by atoms with Crippen LogP contribution in [0.3, 0.4) is 0 Å². The number of hydrogen-bond acceptors (Lipinski definition) is 2. The van der Waals surface area contributed by atoms with Gasteiger partial charge in [-0.3, -0.25) is 0 Å². The average molecular weight is 310 g/mol. The van der Waals surface area contributed by atoms with Crippen LogP contribution in [0.2, 0.25) is 0 Å². The largest absolute Gasteiger partial charge is 0.466 e. The molecule has 0 aliphatic heterocycles. The van der Waals surface area contributed by atoms with Crippen molar-refractivity contribution in [3.63, 3.8) is 0 Å². The number of methoxy groups -OCH3 is 1. The number of rotatable bonds is 5. The maximum Gasteiger partial charge on any atom is 0.459 e. The fourth-order valence-corrected chi connectivity index (χ4v) is 1.45. The molecule has 118 valence electrons. The Labute approximate surface area is 110 Å². The molecule has 0 amide bonds. The van der Waals surface area contributed by atoms with Gasteiger partial charge in [0.1, 0.15) is 0 Å². The molecule has 0 heterocycles. The van der Waals surface area contributed by atoms with Gasteiger partial charge in [0.05, 0.1) is 7.11 Å². The molecule has 9 heteroatoms. The van der Waals surface area contributed by atoms with Crippen molar-refractivity contribution in [1.29, 1.82) is 0 Å². The Kier molecular flexibility index (Phi) is 5.62. The molecule has 2 nitrogen and oxygen atoms in total. The van der Waals surface area contributed by atoms with Crippen LogP contribution in [0.15, 0.2) is 11.6 Å². The third-order valence-electron chi connectivity index (χ3n) is 2.44. The minimum Gasteiger partial charge on any atom is -0.466 e. The molecule has 0 saturated heterocycles. The van der Waals surface area contributed by atoms with E-state index in [-0.39, 0.29) is 5.57 Å². The van der Waals surface area contributed by atoms with Crippen LogP contribution < -0.4 is 0 Å². The molecule has 0 aliphatic carbocycles. The minimum atomic E-state index is -6.35. The average Bonchev–Trinajstić information content (AvgIpc) is 2.24. The Hall–Kier alpha value is -1.28. The fourth-order valence-electron chi connectivity index (χ4n) is 1.45. The second-order valence-electron chi connectivity index (χ2n) is 4.30. The molecule has 0 saturated carbocycles. The van der Waals surface area contributed by atoms with E-state index in [0.717, 1.165) is 20.1 Å². The smallest absolute Gasteiger partial charge is 0.459 e. The molecule has 1 unspecified atom stereocenters. The van der Waals surface area contributed by atoms with E-state index in [2.05, 4.69) is 4.74 Å². The Morgan fingerprint density at radius 1 is 1.15 bits per heavy atom. The lowest BCUT2D eigenvalue weighted by Gasteiger charge is -2.29. The van der Waals surface area contributed by atoms with E-state index >= 15 is 0 Å². The number of carbonyl (C=O) groups is 1. The van der Waals surface area contributed by atoms with Crippen LogP contribution >= 0.6 is 0 Å². The summed E-state index contributed by atoms with van der Waals surface area (Å²) in [6, 6.07) is 0. The zero-order valence-corrected chi connectivity index (χ0v) is 10.8. The van der Waals surface area contributed by atoms with E-state index in [1.54, 1.807) is 0 Å². The van der Waals surface area contributed by atoms with Crippen LogP contribution in [-0.2, 0) is 9.53 Å². The van der Waals surface area contributed by atoms with Crippen LogP contribution in [0.1, 0.15) is 20.3 Å². The lowest BCUT2D eigenvalue weighted by Crippen LogP contribution is -2.52. The van der Waals surface area contributed by atoms with Crippen molar-refractivity contribution in [3.8, 4) is 0 Å². The van der Waals surface area contributed by atoms with Crippen molar-refractivity contribution in [2.75, 3.05) is 7.11 Å². The van der Waals surface area contributed by atoms with Crippen molar-refractivity contribution in [2.45, 2.75) is 38.3 Å². The number of esters is 1. The zero-order valence-electron chi connectivity index (χ0n) is 10.8. The molecule has 0 aromatic carbocycles. The van der Waals surface area contributed by atoms with Crippen molar-refractivity contribution in [3.05, 3.63) is 11.6 Å².